The lowest BCUT2D eigenvalue weighted by atomic mass is 10.2. The van der Waals surface area contributed by atoms with Crippen LogP contribution in [0.3, 0.4) is 0 Å². The van der Waals surface area contributed by atoms with Crippen molar-refractivity contribution in [3.63, 3.8) is 0 Å². The second-order valence-electron chi connectivity index (χ2n) is 4.85. The summed E-state index contributed by atoms with van der Waals surface area (Å²) in [4.78, 5) is 4.08. The summed E-state index contributed by atoms with van der Waals surface area (Å²) in [7, 11) is -2.29. The molecular weight excluding hydrogens is 321 g/mol. The largest absolute Gasteiger partial charge is 0.496 e. The van der Waals surface area contributed by atoms with Gasteiger partial charge in [0.15, 0.2) is 0 Å². The van der Waals surface area contributed by atoms with E-state index in [0.29, 0.717) is 5.75 Å². The number of hydrogen-bond donors (Lipinski definition) is 2. The summed E-state index contributed by atoms with van der Waals surface area (Å²) in [6, 6.07) is 10.8. The highest BCUT2D eigenvalue weighted by Gasteiger charge is 2.26. The molecule has 3 rings (SSSR count). The van der Waals surface area contributed by atoms with Crippen molar-refractivity contribution in [1.29, 1.82) is 0 Å². The van der Waals surface area contributed by atoms with E-state index in [1.807, 2.05) is 18.2 Å². The number of nitrogens with zero attached hydrogens (tertiary/aromatic N) is 1. The molecule has 1 aliphatic rings. The van der Waals surface area contributed by atoms with Gasteiger partial charge in [-0.25, -0.2) is 22.5 Å². The number of anilines is 1. The number of methoxy groups -OCH3 is 1. The number of halogens is 1. The van der Waals surface area contributed by atoms with E-state index in [4.69, 9.17) is 4.74 Å². The number of rotatable bonds is 3. The van der Waals surface area contributed by atoms with Crippen LogP contribution < -0.4 is 14.8 Å². The van der Waals surface area contributed by atoms with Crippen molar-refractivity contribution in [1.82, 2.24) is 4.72 Å². The van der Waals surface area contributed by atoms with Crippen LogP contribution in [0.4, 0.5) is 10.1 Å². The maximum Gasteiger partial charge on any atom is 0.266 e. The Morgan fingerprint density at radius 3 is 2.78 bits per heavy atom. The summed E-state index contributed by atoms with van der Waals surface area (Å²) in [6.07, 6.45) is 0. The molecule has 0 fully saturated rings. The quantitative estimate of drug-likeness (QED) is 0.900. The van der Waals surface area contributed by atoms with Gasteiger partial charge in [0, 0.05) is 5.56 Å². The molecule has 1 aliphatic heterocycles. The second kappa shape index (κ2) is 5.88. The van der Waals surface area contributed by atoms with Crippen molar-refractivity contribution in [3.8, 4) is 5.75 Å². The van der Waals surface area contributed by atoms with E-state index in [1.54, 1.807) is 13.2 Å². The fraction of sp³-hybridized carbons (Fsp3) is 0.133. The number of sulfonamides is 1. The molecule has 23 heavy (non-hydrogen) atoms. The third-order valence-corrected chi connectivity index (χ3v) is 4.70. The Labute approximate surface area is 133 Å². The van der Waals surface area contributed by atoms with Gasteiger partial charge in [-0.05, 0) is 24.3 Å². The average Bonchev–Trinajstić information content (AvgIpc) is 2.53. The van der Waals surface area contributed by atoms with Gasteiger partial charge in [0.05, 0.1) is 19.3 Å². The van der Waals surface area contributed by atoms with Gasteiger partial charge in [0.1, 0.15) is 16.5 Å². The zero-order chi connectivity index (χ0) is 16.4. The molecule has 0 saturated carbocycles. The van der Waals surface area contributed by atoms with E-state index in [9.17, 15) is 12.8 Å². The monoisotopic (exact) mass is 335 g/mol. The molecule has 0 unspecified atom stereocenters. The Morgan fingerprint density at radius 2 is 2.00 bits per heavy atom. The Hall–Kier alpha value is -2.61. The lowest BCUT2D eigenvalue weighted by Crippen LogP contribution is -2.40. The summed E-state index contributed by atoms with van der Waals surface area (Å²) in [5.41, 5.74) is 1.09. The van der Waals surface area contributed by atoms with Gasteiger partial charge in [-0.1, -0.05) is 18.2 Å². The minimum absolute atomic E-state index is 0.0787. The molecule has 2 aromatic rings. The van der Waals surface area contributed by atoms with Crippen molar-refractivity contribution in [2.45, 2.75) is 11.4 Å². The first-order valence-electron chi connectivity index (χ1n) is 6.75. The maximum atomic E-state index is 13.2. The molecule has 0 amide bonds. The molecule has 2 N–H and O–H groups in total. The fourth-order valence-electron chi connectivity index (χ4n) is 2.23. The van der Waals surface area contributed by atoms with Crippen LogP contribution in [-0.4, -0.2) is 21.5 Å². The minimum Gasteiger partial charge on any atom is -0.496 e. The van der Waals surface area contributed by atoms with Gasteiger partial charge in [-0.3, -0.25) is 0 Å². The number of fused-ring (bicyclic) bond motifs is 1. The summed E-state index contributed by atoms with van der Waals surface area (Å²) < 4.78 is 45.0. The molecule has 0 aliphatic carbocycles. The van der Waals surface area contributed by atoms with Crippen LogP contribution in [0, 0.1) is 5.82 Å². The third kappa shape index (κ3) is 3.11. The van der Waals surface area contributed by atoms with E-state index >= 15 is 0 Å². The van der Waals surface area contributed by atoms with Crippen LogP contribution in [-0.2, 0) is 16.6 Å². The van der Waals surface area contributed by atoms with Crippen molar-refractivity contribution in [3.05, 3.63) is 53.8 Å². The topological polar surface area (TPSA) is 79.8 Å². The lowest BCUT2D eigenvalue weighted by Gasteiger charge is -2.21. The highest BCUT2D eigenvalue weighted by Crippen LogP contribution is 2.25. The van der Waals surface area contributed by atoms with E-state index in [-0.39, 0.29) is 23.1 Å². The predicted molar refractivity (Wildman–Crippen MR) is 84.5 cm³/mol. The van der Waals surface area contributed by atoms with E-state index in [0.717, 1.165) is 11.6 Å². The van der Waals surface area contributed by atoms with Gasteiger partial charge < -0.3 is 10.1 Å². The number of aliphatic imine (C=N–C) groups is 1. The van der Waals surface area contributed by atoms with Crippen LogP contribution >= 0.6 is 0 Å². The lowest BCUT2D eigenvalue weighted by molar-refractivity contribution is 0.410. The highest BCUT2D eigenvalue weighted by atomic mass is 32.2. The number of guanidine groups is 1. The first kappa shape index (κ1) is 15.3. The number of para-hydroxylation sites is 1. The van der Waals surface area contributed by atoms with Gasteiger partial charge >= 0.3 is 0 Å². The zero-order valence-electron chi connectivity index (χ0n) is 12.2. The van der Waals surface area contributed by atoms with Crippen molar-refractivity contribution in [2.24, 2.45) is 4.99 Å². The van der Waals surface area contributed by atoms with Gasteiger partial charge in [0.2, 0.25) is 5.96 Å². The predicted octanol–water partition coefficient (Wildman–Crippen LogP) is 2.09. The number of ether oxygens (including phenoxy) is 1. The Kier molecular flexibility index (Phi) is 3.91. The van der Waals surface area contributed by atoms with Crippen LogP contribution in [0.2, 0.25) is 0 Å². The zero-order valence-corrected chi connectivity index (χ0v) is 13.0. The fourth-order valence-corrected chi connectivity index (χ4v) is 3.38. The van der Waals surface area contributed by atoms with Crippen LogP contribution in [0.1, 0.15) is 5.56 Å². The maximum absolute atomic E-state index is 13.2. The summed E-state index contributed by atoms with van der Waals surface area (Å²) in [6.45, 7) is 0.228. The number of hydrogen-bond acceptors (Lipinski definition) is 4. The molecule has 2 aromatic carbocycles. The standard InChI is InChI=1S/C15H14FN3O3S/c1-22-13-5-3-2-4-10(13)9-17-15-18-12-7-6-11(16)8-14(12)23(20,21)19-15/h2-8H,9H2,1H3,(H2,17,18,19). The van der Waals surface area contributed by atoms with Gasteiger partial charge in [-0.2, -0.15) is 0 Å². The normalized spacial score (nSPS) is 17.0. The molecular formula is C15H14FN3O3S. The minimum atomic E-state index is -3.85. The Bertz CT molecular complexity index is 881. The Morgan fingerprint density at radius 1 is 1.22 bits per heavy atom. The van der Waals surface area contributed by atoms with E-state index in [1.165, 1.54) is 12.1 Å². The second-order valence-corrected chi connectivity index (χ2v) is 6.50. The van der Waals surface area contributed by atoms with Gasteiger partial charge in [0.25, 0.3) is 10.0 Å². The number of benzene rings is 2. The van der Waals surface area contributed by atoms with Crippen LogP contribution in [0.15, 0.2) is 52.4 Å². The average molecular weight is 335 g/mol. The molecule has 0 aromatic heterocycles. The molecule has 1 heterocycles. The molecule has 8 heteroatoms. The molecule has 0 saturated heterocycles. The Balaban J connectivity index is 1.90. The van der Waals surface area contributed by atoms with E-state index in [2.05, 4.69) is 15.0 Å². The molecule has 6 nitrogen and oxygen atoms in total. The highest BCUT2D eigenvalue weighted by molar-refractivity contribution is 7.90. The van der Waals surface area contributed by atoms with Crippen molar-refractivity contribution >= 4 is 21.7 Å². The smallest absolute Gasteiger partial charge is 0.266 e. The molecule has 0 radical (unpaired) electrons. The van der Waals surface area contributed by atoms with Crippen LogP contribution in [0.5, 0.6) is 5.75 Å². The summed E-state index contributed by atoms with van der Waals surface area (Å²) >= 11 is 0. The number of nitrogens with one attached hydrogen (secondary N) is 2. The summed E-state index contributed by atoms with van der Waals surface area (Å²) in [5.74, 6) is 0.123. The van der Waals surface area contributed by atoms with E-state index < -0.39 is 15.8 Å². The first-order valence-corrected chi connectivity index (χ1v) is 8.23. The third-order valence-electron chi connectivity index (χ3n) is 3.32. The summed E-state index contributed by atoms with van der Waals surface area (Å²) in [5, 5.41) is 2.84. The molecule has 0 bridgehead atoms. The van der Waals surface area contributed by atoms with Crippen LogP contribution in [0.25, 0.3) is 0 Å². The molecule has 0 spiro atoms. The SMILES string of the molecule is COc1ccccc1CN=C1Nc2ccc(F)cc2S(=O)(=O)N1. The van der Waals surface area contributed by atoms with Crippen molar-refractivity contribution < 1.29 is 17.5 Å². The molecule has 120 valence electrons. The molecule has 0 atom stereocenters. The van der Waals surface area contributed by atoms with Crippen molar-refractivity contribution in [2.75, 3.05) is 12.4 Å². The van der Waals surface area contributed by atoms with Gasteiger partial charge in [-0.15, -0.1) is 0 Å². The first-order chi connectivity index (χ1) is 11.0.